The highest BCUT2D eigenvalue weighted by atomic mass is 32.1. The number of nitrogens with two attached hydrogens (primary N) is 2. The average molecular weight is 771 g/mol. The number of carbonyl (C=O) groups is 2. The van der Waals surface area contributed by atoms with E-state index >= 15 is 0 Å². The molecule has 0 unspecified atom stereocenters. The first kappa shape index (κ1) is 35.3. The van der Waals surface area contributed by atoms with Crippen LogP contribution in [-0.2, 0) is 4.74 Å². The van der Waals surface area contributed by atoms with Gasteiger partial charge in [-0.1, -0.05) is 22.7 Å². The third kappa shape index (κ3) is 6.34. The number of anilines is 2. The van der Waals surface area contributed by atoms with Gasteiger partial charge < -0.3 is 21.3 Å². The molecule has 0 atom stereocenters. The van der Waals surface area contributed by atoms with Crippen molar-refractivity contribution < 1.29 is 19.4 Å². The number of esters is 1. The van der Waals surface area contributed by atoms with Crippen molar-refractivity contribution in [1.29, 1.82) is 0 Å². The molecule has 0 aliphatic rings. The standard InChI is InChI=1S/C28H26N20O4S2/c1-11-20(37-39-24-15(17(50)9-49)7-33-47(24)27-41-35-13(3)53-27)22(29)45(43-11)18-6-19(32-10-31-18)46-23(30)21(12(2)44-46)38-40-25-16(26(51)52-5)8-34-48(25)28-42-36-14(4)54-28/h6-8,10,49H,9,29-30H2,1-5H3/b39-37+,40-38+. The number of rotatable bonds is 11. The fourth-order valence-corrected chi connectivity index (χ4v) is 6.16. The van der Waals surface area contributed by atoms with Crippen molar-refractivity contribution in [1.82, 2.24) is 69.5 Å². The highest BCUT2D eigenvalue weighted by Gasteiger charge is 2.24. The van der Waals surface area contributed by atoms with Crippen molar-refractivity contribution in [2.45, 2.75) is 27.7 Å². The van der Waals surface area contributed by atoms with Crippen LogP contribution in [0.3, 0.4) is 0 Å². The Bertz CT molecular complexity index is 2450. The average Bonchev–Trinajstić information content (AvgIpc) is 4.03. The highest BCUT2D eigenvalue weighted by Crippen LogP contribution is 2.35. The largest absolute Gasteiger partial charge is 0.465 e. The van der Waals surface area contributed by atoms with E-state index in [0.29, 0.717) is 31.7 Å². The van der Waals surface area contributed by atoms with Crippen molar-refractivity contribution in [3.8, 4) is 21.9 Å². The second-order valence-corrected chi connectivity index (χ2v) is 13.3. The molecule has 24 nitrogen and oxygen atoms in total. The number of hydrogen-bond acceptors (Lipinski definition) is 22. The Kier molecular flexibility index (Phi) is 9.27. The number of aliphatic hydroxyl groups is 1. The number of Topliss-reactive ketones (excluding diaryl/α,β-unsaturated/α-hetero) is 1. The van der Waals surface area contributed by atoms with Crippen molar-refractivity contribution in [2.24, 2.45) is 20.5 Å². The lowest BCUT2D eigenvalue weighted by atomic mass is 10.2. The summed E-state index contributed by atoms with van der Waals surface area (Å²) in [4.78, 5) is 33.6. The molecule has 0 aliphatic heterocycles. The van der Waals surface area contributed by atoms with E-state index in [-0.39, 0.29) is 57.4 Å². The molecule has 0 bridgehead atoms. The predicted molar refractivity (Wildman–Crippen MR) is 189 cm³/mol. The second kappa shape index (κ2) is 14.2. The number of ether oxygens (including phenoxy) is 1. The van der Waals surface area contributed by atoms with E-state index < -0.39 is 18.4 Å². The topological polar surface area (TPSA) is 314 Å². The minimum Gasteiger partial charge on any atom is -0.465 e. The number of carbonyl (C=O) groups excluding carboxylic acids is 2. The van der Waals surface area contributed by atoms with Gasteiger partial charge in [-0.2, -0.15) is 39.1 Å². The lowest BCUT2D eigenvalue weighted by Crippen LogP contribution is -2.09. The number of aromatic nitrogens is 14. The molecule has 7 aromatic rings. The number of methoxy groups -OCH3 is 1. The maximum Gasteiger partial charge on any atom is 0.343 e. The molecule has 0 amide bonds. The molecular weight excluding hydrogens is 745 g/mol. The van der Waals surface area contributed by atoms with Crippen LogP contribution < -0.4 is 11.5 Å². The first-order chi connectivity index (χ1) is 26.0. The molecule has 7 heterocycles. The molecular formula is C28H26N20O4S2. The Morgan fingerprint density at radius 1 is 0.741 bits per heavy atom. The van der Waals surface area contributed by atoms with Gasteiger partial charge in [0.15, 0.2) is 52.1 Å². The van der Waals surface area contributed by atoms with E-state index in [0.717, 1.165) is 0 Å². The molecule has 0 aliphatic carbocycles. The molecule has 0 fully saturated rings. The molecule has 7 rings (SSSR count). The van der Waals surface area contributed by atoms with Crippen LogP contribution in [0.15, 0.2) is 45.2 Å². The Balaban J connectivity index is 1.21. The minimum atomic E-state index is -0.768. The predicted octanol–water partition coefficient (Wildman–Crippen LogP) is 3.11. The summed E-state index contributed by atoms with van der Waals surface area (Å²) in [6, 6.07) is 1.53. The summed E-state index contributed by atoms with van der Waals surface area (Å²) in [6.45, 7) is 6.09. The Morgan fingerprint density at radius 3 is 1.67 bits per heavy atom. The zero-order chi connectivity index (χ0) is 38.3. The second-order valence-electron chi connectivity index (χ2n) is 11.0. The monoisotopic (exact) mass is 770 g/mol. The van der Waals surface area contributed by atoms with Crippen LogP contribution in [0.2, 0.25) is 0 Å². The summed E-state index contributed by atoms with van der Waals surface area (Å²) in [5.74, 6) is -0.678. The first-order valence-electron chi connectivity index (χ1n) is 15.3. The summed E-state index contributed by atoms with van der Waals surface area (Å²) >= 11 is 2.46. The molecule has 0 saturated carbocycles. The van der Waals surface area contributed by atoms with E-state index in [1.807, 2.05) is 0 Å². The van der Waals surface area contributed by atoms with Gasteiger partial charge >= 0.3 is 5.97 Å². The molecule has 0 saturated heterocycles. The van der Waals surface area contributed by atoms with Crippen LogP contribution in [0.5, 0.6) is 0 Å². The highest BCUT2D eigenvalue weighted by molar-refractivity contribution is 7.13. The van der Waals surface area contributed by atoms with Crippen LogP contribution in [0.4, 0.5) is 34.6 Å². The SMILES string of the molecule is COC(=O)c1cnn(-c2nnc(C)s2)c1/N=N/c1c(C)nn(-c2cc(-n3nc(C)c(/N=N/c4c(C(=O)CO)cnn4-c4nnc(C)s4)c3N)ncn2)c1N. The number of nitrogens with zero attached hydrogens (tertiary/aromatic N) is 18. The van der Waals surface area contributed by atoms with Gasteiger partial charge in [0, 0.05) is 6.07 Å². The van der Waals surface area contributed by atoms with Crippen LogP contribution in [0.1, 0.15) is 42.1 Å². The normalized spacial score (nSPS) is 11.7. The molecule has 26 heteroatoms. The Morgan fingerprint density at radius 2 is 1.22 bits per heavy atom. The van der Waals surface area contributed by atoms with Gasteiger partial charge in [-0.05, 0) is 27.7 Å². The number of aryl methyl sites for hydroxylation is 4. The van der Waals surface area contributed by atoms with Gasteiger partial charge in [-0.3, -0.25) is 4.79 Å². The minimum absolute atomic E-state index is 0.0137. The summed E-state index contributed by atoms with van der Waals surface area (Å²) in [5.41, 5.74) is 14.2. The number of aliphatic hydroxyl groups excluding tert-OH is 1. The van der Waals surface area contributed by atoms with Crippen molar-refractivity contribution >= 4 is 69.1 Å². The lowest BCUT2D eigenvalue weighted by Gasteiger charge is -2.06. The smallest absolute Gasteiger partial charge is 0.343 e. The Hall–Kier alpha value is -7.06. The van der Waals surface area contributed by atoms with Gasteiger partial charge in [0.25, 0.3) is 0 Å². The molecule has 54 heavy (non-hydrogen) atoms. The van der Waals surface area contributed by atoms with E-state index in [1.165, 1.54) is 73.3 Å². The molecule has 274 valence electrons. The third-order valence-electron chi connectivity index (χ3n) is 7.42. The van der Waals surface area contributed by atoms with Gasteiger partial charge in [0.2, 0.25) is 10.3 Å². The number of nitrogen functional groups attached to an aromatic ring is 2. The maximum absolute atomic E-state index is 12.5. The number of azo groups is 2. The van der Waals surface area contributed by atoms with Gasteiger partial charge in [-0.15, -0.1) is 40.9 Å². The quantitative estimate of drug-likeness (QED) is 0.0966. The molecule has 0 spiro atoms. The zero-order valence-corrected chi connectivity index (χ0v) is 30.3. The summed E-state index contributed by atoms with van der Waals surface area (Å²) in [6.07, 6.45) is 3.82. The van der Waals surface area contributed by atoms with Crippen molar-refractivity contribution in [3.05, 3.63) is 57.3 Å². The fraction of sp³-hybridized carbons (Fsp3) is 0.214. The van der Waals surface area contributed by atoms with Gasteiger partial charge in [0.05, 0.1) is 36.5 Å². The molecule has 5 N–H and O–H groups in total. The Labute approximate surface area is 309 Å². The third-order valence-corrected chi connectivity index (χ3v) is 9.05. The summed E-state index contributed by atoms with van der Waals surface area (Å²) in [5, 5.41) is 62.3. The van der Waals surface area contributed by atoms with Crippen molar-refractivity contribution in [2.75, 3.05) is 25.2 Å². The van der Waals surface area contributed by atoms with E-state index in [2.05, 4.69) is 71.2 Å². The molecule has 0 aromatic carbocycles. The van der Waals surface area contributed by atoms with Gasteiger partial charge in [-0.25, -0.2) is 14.8 Å². The first-order valence-corrected chi connectivity index (χ1v) is 17.0. The van der Waals surface area contributed by atoms with Crippen LogP contribution >= 0.6 is 22.7 Å². The van der Waals surface area contributed by atoms with Crippen LogP contribution in [-0.4, -0.2) is 100 Å². The lowest BCUT2D eigenvalue weighted by molar-refractivity contribution is 0.0601. The van der Waals surface area contributed by atoms with Crippen molar-refractivity contribution in [3.63, 3.8) is 0 Å². The van der Waals surface area contributed by atoms with E-state index in [4.69, 9.17) is 16.2 Å². The summed E-state index contributed by atoms with van der Waals surface area (Å²) in [7, 11) is 1.24. The number of hydrogen-bond donors (Lipinski definition) is 3. The maximum atomic E-state index is 12.5. The van der Waals surface area contributed by atoms with E-state index in [1.54, 1.807) is 27.7 Å². The fourth-order valence-electron chi connectivity index (χ4n) is 4.87. The van der Waals surface area contributed by atoms with Crippen LogP contribution in [0, 0.1) is 27.7 Å². The van der Waals surface area contributed by atoms with E-state index in [9.17, 15) is 14.7 Å². The number of ketones is 1. The zero-order valence-electron chi connectivity index (χ0n) is 28.7. The summed E-state index contributed by atoms with van der Waals surface area (Å²) < 4.78 is 10.1. The van der Waals surface area contributed by atoms with Crippen LogP contribution in [0.25, 0.3) is 21.9 Å². The molecule has 7 aromatic heterocycles. The van der Waals surface area contributed by atoms with Gasteiger partial charge in [0.1, 0.15) is 28.5 Å². The molecule has 0 radical (unpaired) electrons.